The summed E-state index contributed by atoms with van der Waals surface area (Å²) in [5.74, 6) is -2.29. The molecule has 186 valence electrons. The number of carbonyl (C=O) groups is 1. The highest BCUT2D eigenvalue weighted by molar-refractivity contribution is 7.90. The molecule has 3 heterocycles. The highest BCUT2D eigenvalue weighted by atomic mass is 32.2. The lowest BCUT2D eigenvalue weighted by Crippen LogP contribution is -2.47. The SMILES string of the molecule is CC(C)(C)c1noc(N2CCC(N3CC[C@H](Oc4cc(F)c(S(C)(=O)=O)cc4F)C3=O)CC2)n1. The molecule has 0 N–H and O–H groups in total. The molecule has 12 heteroatoms. The molecule has 34 heavy (non-hydrogen) atoms. The van der Waals surface area contributed by atoms with Crippen LogP contribution in [0.15, 0.2) is 21.6 Å². The number of anilines is 1. The molecule has 2 aliphatic heterocycles. The molecule has 0 radical (unpaired) electrons. The normalized spacial score (nSPS) is 20.3. The number of carbonyl (C=O) groups excluding carboxylic acids is 1. The van der Waals surface area contributed by atoms with Crippen molar-refractivity contribution in [3.8, 4) is 5.75 Å². The first-order valence-corrected chi connectivity index (χ1v) is 13.0. The number of likely N-dealkylation sites (tertiary alicyclic amines) is 1. The third-order valence-electron chi connectivity index (χ3n) is 6.11. The van der Waals surface area contributed by atoms with Gasteiger partial charge < -0.3 is 19.1 Å². The first kappa shape index (κ1) is 24.4. The maximum atomic E-state index is 14.4. The van der Waals surface area contributed by atoms with Gasteiger partial charge in [0, 0.05) is 49.8 Å². The van der Waals surface area contributed by atoms with E-state index >= 15 is 0 Å². The lowest BCUT2D eigenvalue weighted by atomic mass is 9.96. The molecule has 0 aliphatic carbocycles. The van der Waals surface area contributed by atoms with Crippen LogP contribution in [0.1, 0.15) is 45.9 Å². The maximum Gasteiger partial charge on any atom is 0.324 e. The minimum atomic E-state index is -3.93. The van der Waals surface area contributed by atoms with E-state index < -0.39 is 38.2 Å². The molecule has 1 atom stereocenters. The molecule has 0 spiro atoms. The number of amides is 1. The highest BCUT2D eigenvalue weighted by Crippen LogP contribution is 2.30. The Morgan fingerprint density at radius 1 is 1.09 bits per heavy atom. The number of halogens is 2. The van der Waals surface area contributed by atoms with Gasteiger partial charge in [-0.1, -0.05) is 25.9 Å². The van der Waals surface area contributed by atoms with Crippen LogP contribution in [-0.4, -0.2) is 67.4 Å². The van der Waals surface area contributed by atoms with E-state index in [0.717, 1.165) is 6.26 Å². The number of ether oxygens (including phenoxy) is 1. The summed E-state index contributed by atoms with van der Waals surface area (Å²) < 4.78 is 62.5. The van der Waals surface area contributed by atoms with Gasteiger partial charge in [0.05, 0.1) is 0 Å². The predicted octanol–water partition coefficient (Wildman–Crippen LogP) is 2.70. The van der Waals surface area contributed by atoms with Gasteiger partial charge in [-0.25, -0.2) is 17.2 Å². The molecular formula is C22H28F2N4O5S. The van der Waals surface area contributed by atoms with E-state index in [9.17, 15) is 22.0 Å². The molecule has 9 nitrogen and oxygen atoms in total. The Bertz CT molecular complexity index is 1190. The van der Waals surface area contributed by atoms with E-state index in [1.165, 1.54) is 0 Å². The van der Waals surface area contributed by atoms with Crippen molar-refractivity contribution in [2.45, 2.75) is 62.5 Å². The average Bonchev–Trinajstić information content (AvgIpc) is 3.38. The molecule has 0 bridgehead atoms. The van der Waals surface area contributed by atoms with Gasteiger partial charge in [-0.2, -0.15) is 4.98 Å². The van der Waals surface area contributed by atoms with Crippen molar-refractivity contribution in [1.82, 2.24) is 15.0 Å². The summed E-state index contributed by atoms with van der Waals surface area (Å²) in [5.41, 5.74) is -0.218. The van der Waals surface area contributed by atoms with Gasteiger partial charge in [0.1, 0.15) is 10.7 Å². The van der Waals surface area contributed by atoms with Gasteiger partial charge >= 0.3 is 6.01 Å². The van der Waals surface area contributed by atoms with Crippen LogP contribution in [0.4, 0.5) is 14.8 Å². The fourth-order valence-electron chi connectivity index (χ4n) is 4.20. The van der Waals surface area contributed by atoms with Crippen LogP contribution in [-0.2, 0) is 20.0 Å². The van der Waals surface area contributed by atoms with Crippen molar-refractivity contribution in [3.05, 3.63) is 29.6 Å². The quantitative estimate of drug-likeness (QED) is 0.620. The largest absolute Gasteiger partial charge is 0.477 e. The van der Waals surface area contributed by atoms with Crippen LogP contribution in [0.2, 0.25) is 0 Å². The minimum absolute atomic E-state index is 0.0171. The van der Waals surface area contributed by atoms with Crippen LogP contribution < -0.4 is 9.64 Å². The molecule has 2 saturated heterocycles. The van der Waals surface area contributed by atoms with Crippen LogP contribution in [0.3, 0.4) is 0 Å². The Balaban J connectivity index is 1.37. The number of sulfone groups is 1. The minimum Gasteiger partial charge on any atom is -0.477 e. The first-order chi connectivity index (χ1) is 15.8. The Labute approximate surface area is 197 Å². The molecule has 1 aromatic carbocycles. The molecule has 1 aromatic heterocycles. The summed E-state index contributed by atoms with van der Waals surface area (Å²) in [6.45, 7) is 7.73. The van der Waals surface area contributed by atoms with E-state index in [2.05, 4.69) is 10.1 Å². The van der Waals surface area contributed by atoms with Gasteiger partial charge in [0.25, 0.3) is 5.91 Å². The van der Waals surface area contributed by atoms with Crippen LogP contribution in [0.25, 0.3) is 0 Å². The zero-order valence-electron chi connectivity index (χ0n) is 19.5. The molecule has 4 rings (SSSR count). The van der Waals surface area contributed by atoms with E-state index in [-0.39, 0.29) is 17.4 Å². The second kappa shape index (κ2) is 8.79. The zero-order valence-corrected chi connectivity index (χ0v) is 20.4. The predicted molar refractivity (Wildman–Crippen MR) is 118 cm³/mol. The van der Waals surface area contributed by atoms with Crippen LogP contribution in [0.5, 0.6) is 5.75 Å². The van der Waals surface area contributed by atoms with E-state index in [1.54, 1.807) is 4.90 Å². The summed E-state index contributed by atoms with van der Waals surface area (Å²) >= 11 is 0. The van der Waals surface area contributed by atoms with Crippen molar-refractivity contribution in [1.29, 1.82) is 0 Å². The van der Waals surface area contributed by atoms with Crippen LogP contribution >= 0.6 is 0 Å². The second-order valence-electron chi connectivity index (χ2n) is 9.78. The number of nitrogens with zero attached hydrogens (tertiary/aromatic N) is 4. The van der Waals surface area contributed by atoms with Gasteiger partial charge in [-0.15, -0.1) is 0 Å². The maximum absolute atomic E-state index is 14.4. The van der Waals surface area contributed by atoms with Crippen molar-refractivity contribution in [2.24, 2.45) is 0 Å². The molecular weight excluding hydrogens is 470 g/mol. The average molecular weight is 499 g/mol. The molecule has 2 aliphatic rings. The fourth-order valence-corrected chi connectivity index (χ4v) is 4.93. The third-order valence-corrected chi connectivity index (χ3v) is 7.22. The number of aromatic nitrogens is 2. The van der Waals surface area contributed by atoms with Crippen molar-refractivity contribution < 1.29 is 31.3 Å². The second-order valence-corrected chi connectivity index (χ2v) is 11.8. The number of rotatable bonds is 5. The van der Waals surface area contributed by atoms with Gasteiger partial charge in [0.2, 0.25) is 0 Å². The lowest BCUT2D eigenvalue weighted by molar-refractivity contribution is -0.135. The molecule has 0 saturated carbocycles. The Morgan fingerprint density at radius 3 is 2.35 bits per heavy atom. The van der Waals surface area contributed by atoms with Crippen LogP contribution in [0, 0.1) is 11.6 Å². The Kier molecular flexibility index (Phi) is 6.30. The van der Waals surface area contributed by atoms with Crippen molar-refractivity contribution in [2.75, 3.05) is 30.8 Å². The fraction of sp³-hybridized carbons (Fsp3) is 0.591. The molecule has 2 fully saturated rings. The summed E-state index contributed by atoms with van der Waals surface area (Å²) in [7, 11) is -3.93. The van der Waals surface area contributed by atoms with Gasteiger partial charge in [-0.3, -0.25) is 4.79 Å². The number of piperidine rings is 1. The standard InChI is InChI=1S/C22H28F2N4O5S/c1-22(2,3)20-25-21(33-26-20)27-8-5-13(6-9-27)28-10-7-16(19(28)29)32-17-11-15(24)18(12-14(17)23)34(4,30)31/h11-13,16H,5-10H2,1-4H3/t16-/m0/s1. The number of hydrogen-bond donors (Lipinski definition) is 0. The highest BCUT2D eigenvalue weighted by Gasteiger charge is 2.39. The third kappa shape index (κ3) is 4.86. The van der Waals surface area contributed by atoms with Crippen molar-refractivity contribution >= 4 is 21.8 Å². The Morgan fingerprint density at radius 2 is 1.76 bits per heavy atom. The van der Waals surface area contributed by atoms with Crippen molar-refractivity contribution in [3.63, 3.8) is 0 Å². The van der Waals surface area contributed by atoms with Gasteiger partial charge in [0.15, 0.2) is 33.3 Å². The number of hydrogen-bond acceptors (Lipinski definition) is 8. The number of benzene rings is 1. The van der Waals surface area contributed by atoms with E-state index in [4.69, 9.17) is 9.26 Å². The topological polar surface area (TPSA) is 106 Å². The lowest BCUT2D eigenvalue weighted by Gasteiger charge is -2.35. The first-order valence-electron chi connectivity index (χ1n) is 11.1. The summed E-state index contributed by atoms with van der Waals surface area (Å²) in [4.78, 5) is 20.4. The smallest absolute Gasteiger partial charge is 0.324 e. The van der Waals surface area contributed by atoms with Gasteiger partial charge in [-0.05, 0) is 18.9 Å². The zero-order chi connectivity index (χ0) is 24.8. The Hall–Kier alpha value is -2.76. The van der Waals surface area contributed by atoms with E-state index in [0.29, 0.717) is 62.9 Å². The summed E-state index contributed by atoms with van der Waals surface area (Å²) in [6.07, 6.45) is 1.54. The van der Waals surface area contributed by atoms with E-state index in [1.807, 2.05) is 25.7 Å². The molecule has 0 unspecified atom stereocenters. The monoisotopic (exact) mass is 498 g/mol. The summed E-state index contributed by atoms with van der Waals surface area (Å²) in [5, 5.41) is 4.05. The summed E-state index contributed by atoms with van der Waals surface area (Å²) in [6, 6.07) is 1.70. The molecule has 1 amide bonds. The molecule has 2 aromatic rings.